The summed E-state index contributed by atoms with van der Waals surface area (Å²) in [6, 6.07) is 0. The second-order valence-electron chi connectivity index (χ2n) is 8.64. The van der Waals surface area contributed by atoms with Crippen LogP contribution in [0.5, 0.6) is 0 Å². The highest BCUT2D eigenvalue weighted by Crippen LogP contribution is 2.36. The maximum atomic E-state index is 13.1. The van der Waals surface area contributed by atoms with Crippen molar-refractivity contribution in [3.8, 4) is 0 Å². The van der Waals surface area contributed by atoms with Gasteiger partial charge in [0.25, 0.3) is 11.5 Å². The van der Waals surface area contributed by atoms with Gasteiger partial charge in [-0.1, -0.05) is 19.1 Å². The molecule has 180 valence electrons. The number of allylic oxidation sites excluding steroid dienone is 2. The predicted octanol–water partition coefficient (Wildman–Crippen LogP) is 1.27. The molecule has 1 saturated heterocycles. The normalized spacial score (nSPS) is 23.0. The molecule has 1 fully saturated rings. The van der Waals surface area contributed by atoms with E-state index in [0.717, 1.165) is 5.70 Å². The van der Waals surface area contributed by atoms with Crippen LogP contribution in [0.25, 0.3) is 12.2 Å². The lowest BCUT2D eigenvalue weighted by Gasteiger charge is -2.37. The molecule has 0 saturated carbocycles. The molecule has 7 nitrogen and oxygen atoms in total. The van der Waals surface area contributed by atoms with Crippen molar-refractivity contribution >= 4 is 24.0 Å². The summed E-state index contributed by atoms with van der Waals surface area (Å²) in [6.45, 7) is 3.65. The van der Waals surface area contributed by atoms with E-state index >= 15 is 0 Å². The van der Waals surface area contributed by atoms with E-state index in [1.165, 1.54) is 4.57 Å². The molecule has 0 spiro atoms. The molecule has 0 aromatic carbocycles. The molecule has 0 bridgehead atoms. The Morgan fingerprint density at radius 1 is 1.21 bits per heavy atom. The number of fused-ring (bicyclic) bond motifs is 1. The monoisotopic (exact) mass is 467 g/mol. The number of hydrogen-bond acceptors (Lipinski definition) is 4. The largest absolute Gasteiger partial charge is 0.480 e. The molecule has 1 unspecified atom stereocenters. The fourth-order valence-electron chi connectivity index (χ4n) is 4.54. The number of piperidine rings is 1. The first kappa shape index (κ1) is 24.6. The van der Waals surface area contributed by atoms with Gasteiger partial charge in [-0.15, -0.1) is 0 Å². The first-order valence-corrected chi connectivity index (χ1v) is 10.8. The minimum Gasteiger partial charge on any atom is -0.480 e. The maximum Gasteiger partial charge on any atom is 0.391 e. The summed E-state index contributed by atoms with van der Waals surface area (Å²) in [5.74, 6) is -3.23. The van der Waals surface area contributed by atoms with Crippen molar-refractivity contribution in [2.45, 2.75) is 39.3 Å². The molecular weight excluding hydrogens is 439 g/mol. The molecule has 1 amide bonds. The van der Waals surface area contributed by atoms with Gasteiger partial charge in [0.05, 0.1) is 5.92 Å². The summed E-state index contributed by atoms with van der Waals surface area (Å²) in [4.78, 5) is 38.2. The molecule has 1 aliphatic carbocycles. The number of alkyl halides is 3. The van der Waals surface area contributed by atoms with E-state index in [1.54, 1.807) is 20.0 Å². The maximum absolute atomic E-state index is 13.1. The number of aliphatic carboxylic acids is 1. The van der Waals surface area contributed by atoms with Crippen LogP contribution >= 0.6 is 0 Å². The van der Waals surface area contributed by atoms with Crippen molar-refractivity contribution in [3.63, 3.8) is 0 Å². The van der Waals surface area contributed by atoms with Crippen molar-refractivity contribution in [1.29, 1.82) is 0 Å². The zero-order valence-corrected chi connectivity index (χ0v) is 18.8. The van der Waals surface area contributed by atoms with Gasteiger partial charge < -0.3 is 19.9 Å². The van der Waals surface area contributed by atoms with E-state index in [2.05, 4.69) is 5.32 Å². The van der Waals surface area contributed by atoms with Crippen LogP contribution in [-0.4, -0.2) is 52.3 Å². The smallest absolute Gasteiger partial charge is 0.391 e. The molecule has 1 aromatic heterocycles. The van der Waals surface area contributed by atoms with Gasteiger partial charge in [-0.05, 0) is 43.7 Å². The summed E-state index contributed by atoms with van der Waals surface area (Å²) >= 11 is 0. The molecule has 2 aliphatic rings. The number of likely N-dealkylation sites (tertiary alicyclic amines) is 1. The van der Waals surface area contributed by atoms with E-state index in [4.69, 9.17) is 5.11 Å². The standard InChI is InChI=1S/C23H28F3N3O4/c1-13-4-6-18-16(5-7-17(13)29-10-8-15(9-11-29)23(24,25)26)14(2)20(22(33)28(18)3)21(32)27-12-19(30)31/h5-7,13,15H,4,8-12H2,1-3H3,(H,27,32)(H,30,31)/b16-5-,17-7+,18-6-. The third-order valence-electron chi connectivity index (χ3n) is 6.48. The number of aromatic nitrogens is 1. The third kappa shape index (κ3) is 5.15. The third-order valence-corrected chi connectivity index (χ3v) is 6.48. The Hall–Kier alpha value is -3.04. The number of amides is 1. The lowest BCUT2D eigenvalue weighted by molar-refractivity contribution is -0.184. The van der Waals surface area contributed by atoms with Gasteiger partial charge in [0.1, 0.15) is 12.1 Å². The number of carbonyl (C=O) groups is 2. The molecule has 2 N–H and O–H groups in total. The molecule has 1 atom stereocenters. The number of carboxylic acid groups (broad SMARTS) is 1. The van der Waals surface area contributed by atoms with E-state index in [-0.39, 0.29) is 24.3 Å². The molecule has 1 aliphatic heterocycles. The quantitative estimate of drug-likeness (QED) is 0.696. The van der Waals surface area contributed by atoms with Crippen LogP contribution in [0, 0.1) is 18.8 Å². The minimum atomic E-state index is -4.18. The van der Waals surface area contributed by atoms with Gasteiger partial charge in [0.15, 0.2) is 0 Å². The van der Waals surface area contributed by atoms with Crippen molar-refractivity contribution in [2.24, 2.45) is 18.9 Å². The van der Waals surface area contributed by atoms with Crippen LogP contribution in [0.3, 0.4) is 0 Å². The predicted molar refractivity (Wildman–Crippen MR) is 117 cm³/mol. The van der Waals surface area contributed by atoms with Crippen LogP contribution < -0.4 is 21.4 Å². The van der Waals surface area contributed by atoms with Crippen LogP contribution in [0.1, 0.15) is 42.1 Å². The fourth-order valence-corrected chi connectivity index (χ4v) is 4.54. The highest BCUT2D eigenvalue weighted by atomic mass is 19.4. The number of nitrogens with zero attached hydrogens (tertiary/aromatic N) is 2. The lowest BCUT2D eigenvalue weighted by atomic mass is 9.92. The number of halogens is 3. The van der Waals surface area contributed by atoms with Crippen LogP contribution in [0.15, 0.2) is 16.6 Å². The Morgan fingerprint density at radius 3 is 2.42 bits per heavy atom. The summed E-state index contributed by atoms with van der Waals surface area (Å²) in [5, 5.41) is 12.3. The summed E-state index contributed by atoms with van der Waals surface area (Å²) in [7, 11) is 1.55. The lowest BCUT2D eigenvalue weighted by Crippen LogP contribution is -2.48. The number of nitrogens with one attached hydrogen (secondary N) is 1. The number of pyridine rings is 1. The second kappa shape index (κ2) is 9.44. The van der Waals surface area contributed by atoms with Crippen molar-refractivity contribution in [2.75, 3.05) is 19.6 Å². The van der Waals surface area contributed by atoms with Crippen molar-refractivity contribution < 1.29 is 27.9 Å². The zero-order chi connectivity index (χ0) is 24.5. The zero-order valence-electron chi connectivity index (χ0n) is 18.8. The number of carbonyl (C=O) groups excluding carboxylic acids is 1. The highest BCUT2D eigenvalue weighted by molar-refractivity contribution is 5.96. The highest BCUT2D eigenvalue weighted by Gasteiger charge is 2.41. The van der Waals surface area contributed by atoms with E-state index in [1.807, 2.05) is 24.0 Å². The average molecular weight is 467 g/mol. The van der Waals surface area contributed by atoms with E-state index < -0.39 is 36.1 Å². The minimum absolute atomic E-state index is 0.0331. The average Bonchev–Trinajstić information content (AvgIpc) is 2.73. The van der Waals surface area contributed by atoms with Gasteiger partial charge in [0, 0.05) is 36.4 Å². The van der Waals surface area contributed by atoms with Crippen molar-refractivity contribution in [3.05, 3.63) is 43.8 Å². The van der Waals surface area contributed by atoms with Gasteiger partial charge in [-0.25, -0.2) is 0 Å². The van der Waals surface area contributed by atoms with Gasteiger partial charge in [-0.2, -0.15) is 13.2 Å². The molecule has 2 heterocycles. The van der Waals surface area contributed by atoms with Gasteiger partial charge in [-0.3, -0.25) is 14.4 Å². The second-order valence-corrected chi connectivity index (χ2v) is 8.64. The van der Waals surface area contributed by atoms with Crippen LogP contribution in [-0.2, 0) is 11.8 Å². The Kier molecular flexibility index (Phi) is 7.04. The first-order valence-electron chi connectivity index (χ1n) is 10.8. The molecule has 0 radical (unpaired) electrons. The molecule has 10 heteroatoms. The Balaban J connectivity index is 2.03. The Labute approximate surface area is 188 Å². The van der Waals surface area contributed by atoms with Gasteiger partial charge in [0.2, 0.25) is 0 Å². The first-order chi connectivity index (χ1) is 15.4. The Morgan fingerprint density at radius 2 is 1.85 bits per heavy atom. The summed E-state index contributed by atoms with van der Waals surface area (Å²) < 4.78 is 40.5. The fraction of sp³-hybridized carbons (Fsp3) is 0.522. The number of carboxylic acids is 1. The topological polar surface area (TPSA) is 91.6 Å². The SMILES string of the molecule is Cc1c(C(=O)NCC(=O)O)c(=O)n(C)c2/c1=C\C=C(\N1CCC(C(F)(F)F)CC1)C(C)C/C=2. The van der Waals surface area contributed by atoms with Crippen LogP contribution in [0.2, 0.25) is 0 Å². The Bertz CT molecular complexity index is 1160. The molecule has 1 aromatic rings. The summed E-state index contributed by atoms with van der Waals surface area (Å²) in [6.07, 6.45) is 2.05. The van der Waals surface area contributed by atoms with E-state index in [9.17, 15) is 27.6 Å². The van der Waals surface area contributed by atoms with Gasteiger partial charge >= 0.3 is 12.1 Å². The number of rotatable bonds is 4. The van der Waals surface area contributed by atoms with Crippen molar-refractivity contribution in [1.82, 2.24) is 14.8 Å². The van der Waals surface area contributed by atoms with E-state index in [0.29, 0.717) is 35.6 Å². The molecular formula is C23H28F3N3O4. The van der Waals surface area contributed by atoms with Crippen LogP contribution in [0.4, 0.5) is 13.2 Å². The number of hydrogen-bond donors (Lipinski definition) is 2. The molecule has 3 rings (SSSR count). The summed E-state index contributed by atoms with van der Waals surface area (Å²) in [5.41, 5.74) is 0.693. The molecule has 33 heavy (non-hydrogen) atoms.